The minimum atomic E-state index is -0.207. The van der Waals surface area contributed by atoms with Crippen LogP contribution in [-0.4, -0.2) is 46.4 Å². The van der Waals surface area contributed by atoms with E-state index in [-0.39, 0.29) is 17.8 Å². The van der Waals surface area contributed by atoms with Gasteiger partial charge in [0, 0.05) is 32.2 Å². The fourth-order valence-electron chi connectivity index (χ4n) is 3.55. The van der Waals surface area contributed by atoms with E-state index in [2.05, 4.69) is 23.7 Å². The summed E-state index contributed by atoms with van der Waals surface area (Å²) in [4.78, 5) is 22.3. The van der Waals surface area contributed by atoms with Crippen LogP contribution in [0.15, 0.2) is 29.8 Å². The number of nitrogens with zero attached hydrogens (tertiary/aromatic N) is 3. The molecule has 2 aromatic rings. The Morgan fingerprint density at radius 3 is 2.65 bits per heavy atom. The quantitative estimate of drug-likeness (QED) is 0.811. The summed E-state index contributed by atoms with van der Waals surface area (Å²) >= 11 is 1.42. The molecule has 1 atom stereocenters. The van der Waals surface area contributed by atoms with Crippen molar-refractivity contribution >= 4 is 17.2 Å². The van der Waals surface area contributed by atoms with E-state index in [9.17, 15) is 9.18 Å². The van der Waals surface area contributed by atoms with Crippen LogP contribution in [0.25, 0.3) is 0 Å². The van der Waals surface area contributed by atoms with Crippen molar-refractivity contribution in [3.05, 3.63) is 51.7 Å². The van der Waals surface area contributed by atoms with Crippen LogP contribution in [0.2, 0.25) is 0 Å². The Morgan fingerprint density at radius 2 is 2.04 bits per heavy atom. The zero-order valence-corrected chi connectivity index (χ0v) is 16.4. The number of benzene rings is 1. The first-order valence-electron chi connectivity index (χ1n) is 9.13. The molecule has 2 heterocycles. The molecule has 0 bridgehead atoms. The molecule has 0 N–H and O–H groups in total. The first kappa shape index (κ1) is 19.0. The maximum absolute atomic E-state index is 13.2. The Balaban J connectivity index is 1.76. The smallest absolute Gasteiger partial charge is 0.265 e. The van der Waals surface area contributed by atoms with Crippen LogP contribution in [0.1, 0.15) is 41.2 Å². The van der Waals surface area contributed by atoms with Crippen molar-refractivity contribution in [1.82, 2.24) is 14.8 Å². The summed E-state index contributed by atoms with van der Waals surface area (Å²) in [6.07, 6.45) is 0.938. The largest absolute Gasteiger partial charge is 0.336 e. The molecule has 1 saturated heterocycles. The van der Waals surface area contributed by atoms with Gasteiger partial charge in [0.2, 0.25) is 0 Å². The van der Waals surface area contributed by atoms with E-state index in [0.29, 0.717) is 5.92 Å². The Morgan fingerprint density at radius 1 is 1.31 bits per heavy atom. The van der Waals surface area contributed by atoms with Gasteiger partial charge in [-0.05, 0) is 37.0 Å². The van der Waals surface area contributed by atoms with Crippen molar-refractivity contribution < 1.29 is 9.18 Å². The lowest BCUT2D eigenvalue weighted by Gasteiger charge is -2.34. The van der Waals surface area contributed by atoms with Gasteiger partial charge in [-0.25, -0.2) is 9.37 Å². The molecule has 1 fully saturated rings. The lowest BCUT2D eigenvalue weighted by molar-refractivity contribution is 0.0706. The van der Waals surface area contributed by atoms with Gasteiger partial charge < -0.3 is 4.90 Å². The van der Waals surface area contributed by atoms with Gasteiger partial charge >= 0.3 is 0 Å². The van der Waals surface area contributed by atoms with E-state index in [1.54, 1.807) is 5.51 Å². The van der Waals surface area contributed by atoms with Crippen molar-refractivity contribution in [2.45, 2.75) is 39.8 Å². The van der Waals surface area contributed by atoms with Gasteiger partial charge in [0.25, 0.3) is 5.91 Å². The molecule has 1 aliphatic heterocycles. The number of rotatable bonds is 4. The third-order valence-electron chi connectivity index (χ3n) is 5.05. The summed E-state index contributed by atoms with van der Waals surface area (Å²) in [6.45, 7) is 9.50. The van der Waals surface area contributed by atoms with Crippen LogP contribution in [0.3, 0.4) is 0 Å². The lowest BCUT2D eigenvalue weighted by Crippen LogP contribution is -2.45. The fourth-order valence-corrected chi connectivity index (χ4v) is 4.32. The molecule has 3 rings (SSSR count). The summed E-state index contributed by atoms with van der Waals surface area (Å²) in [5.74, 6) is 0.312. The molecule has 26 heavy (non-hydrogen) atoms. The van der Waals surface area contributed by atoms with E-state index in [0.717, 1.165) is 48.7 Å². The number of thiazole rings is 1. The van der Waals surface area contributed by atoms with Gasteiger partial charge in [0.05, 0.1) is 11.2 Å². The highest BCUT2D eigenvalue weighted by Gasteiger charge is 2.30. The highest BCUT2D eigenvalue weighted by Crippen LogP contribution is 2.23. The van der Waals surface area contributed by atoms with Gasteiger partial charge in [-0.15, -0.1) is 11.3 Å². The standard InChI is InChI=1S/C20H26FN3OS/c1-14(2)18-12-24(20(25)19-15(3)22-13-26-19)10-4-9-23(18)11-16-5-7-17(21)8-6-16/h5-8,13-14,18H,4,9-12H2,1-3H3/t18-/m1/s1. The first-order valence-corrected chi connectivity index (χ1v) is 10.0. The number of aromatic nitrogens is 1. The van der Waals surface area contributed by atoms with Crippen LogP contribution >= 0.6 is 11.3 Å². The number of carbonyl (C=O) groups is 1. The monoisotopic (exact) mass is 375 g/mol. The highest BCUT2D eigenvalue weighted by atomic mass is 32.1. The predicted molar refractivity (Wildman–Crippen MR) is 103 cm³/mol. The summed E-state index contributed by atoms with van der Waals surface area (Å²) < 4.78 is 13.2. The molecule has 0 unspecified atom stereocenters. The zero-order chi connectivity index (χ0) is 18.7. The third-order valence-corrected chi connectivity index (χ3v) is 5.96. The van der Waals surface area contributed by atoms with Crippen LogP contribution in [0, 0.1) is 18.7 Å². The number of hydrogen-bond donors (Lipinski definition) is 0. The minimum Gasteiger partial charge on any atom is -0.336 e. The first-order chi connectivity index (χ1) is 12.5. The van der Waals surface area contributed by atoms with Crippen LogP contribution in [-0.2, 0) is 6.54 Å². The molecule has 0 saturated carbocycles. The molecular formula is C20H26FN3OS. The summed E-state index contributed by atoms with van der Waals surface area (Å²) in [5.41, 5.74) is 3.66. The third kappa shape index (κ3) is 4.30. The Hall–Kier alpha value is -1.79. The van der Waals surface area contributed by atoms with E-state index in [1.807, 2.05) is 24.0 Å². The van der Waals surface area contributed by atoms with E-state index in [1.165, 1.54) is 23.5 Å². The number of halogens is 1. The average Bonchev–Trinajstić information content (AvgIpc) is 2.92. The van der Waals surface area contributed by atoms with Gasteiger partial charge in [0.1, 0.15) is 10.7 Å². The second-order valence-electron chi connectivity index (χ2n) is 7.28. The second-order valence-corrected chi connectivity index (χ2v) is 8.13. The van der Waals surface area contributed by atoms with Crippen LogP contribution < -0.4 is 0 Å². The van der Waals surface area contributed by atoms with Gasteiger partial charge in [-0.3, -0.25) is 9.69 Å². The van der Waals surface area contributed by atoms with Crippen molar-refractivity contribution in [2.24, 2.45) is 5.92 Å². The molecule has 1 aromatic heterocycles. The molecule has 1 aromatic carbocycles. The van der Waals surface area contributed by atoms with E-state index in [4.69, 9.17) is 0 Å². The van der Waals surface area contributed by atoms with E-state index >= 15 is 0 Å². The van der Waals surface area contributed by atoms with Gasteiger partial charge in [0.15, 0.2) is 0 Å². The molecule has 6 heteroatoms. The van der Waals surface area contributed by atoms with Crippen molar-refractivity contribution in [3.63, 3.8) is 0 Å². The summed E-state index contributed by atoms with van der Waals surface area (Å²) in [7, 11) is 0. The highest BCUT2D eigenvalue weighted by molar-refractivity contribution is 7.11. The second kappa shape index (κ2) is 8.27. The van der Waals surface area contributed by atoms with Crippen LogP contribution in [0.5, 0.6) is 0 Å². The molecule has 0 aliphatic carbocycles. The molecule has 1 aliphatic rings. The number of carbonyl (C=O) groups excluding carboxylic acids is 1. The number of aryl methyl sites for hydroxylation is 1. The zero-order valence-electron chi connectivity index (χ0n) is 15.6. The van der Waals surface area contributed by atoms with Crippen molar-refractivity contribution in [3.8, 4) is 0 Å². The molecule has 0 spiro atoms. The molecule has 0 radical (unpaired) electrons. The number of amides is 1. The topological polar surface area (TPSA) is 36.4 Å². The average molecular weight is 376 g/mol. The molecule has 1 amide bonds. The molecule has 4 nitrogen and oxygen atoms in total. The molecule has 140 valence electrons. The van der Waals surface area contributed by atoms with Gasteiger partial charge in [-0.2, -0.15) is 0 Å². The Labute approximate surface area is 158 Å². The fraction of sp³-hybridized carbons (Fsp3) is 0.500. The predicted octanol–water partition coefficient (Wildman–Crippen LogP) is 3.96. The Kier molecular flexibility index (Phi) is 6.04. The normalized spacial score (nSPS) is 19.0. The SMILES string of the molecule is Cc1ncsc1C(=O)N1CCCN(Cc2ccc(F)cc2)[C@@H](C(C)C)C1. The van der Waals surface area contributed by atoms with E-state index < -0.39 is 0 Å². The maximum atomic E-state index is 13.2. The van der Waals surface area contributed by atoms with Crippen LogP contribution in [0.4, 0.5) is 4.39 Å². The summed E-state index contributed by atoms with van der Waals surface area (Å²) in [5, 5.41) is 0. The maximum Gasteiger partial charge on any atom is 0.265 e. The lowest BCUT2D eigenvalue weighted by atomic mass is 10.0. The van der Waals surface area contributed by atoms with Crippen molar-refractivity contribution in [1.29, 1.82) is 0 Å². The molecular weight excluding hydrogens is 349 g/mol. The Bertz CT molecular complexity index is 744. The number of hydrogen-bond acceptors (Lipinski definition) is 4. The summed E-state index contributed by atoms with van der Waals surface area (Å²) in [6, 6.07) is 7.00. The minimum absolute atomic E-state index is 0.0966. The van der Waals surface area contributed by atoms with Gasteiger partial charge in [-0.1, -0.05) is 26.0 Å². The van der Waals surface area contributed by atoms with Crippen molar-refractivity contribution in [2.75, 3.05) is 19.6 Å².